The first-order valence-electron chi connectivity index (χ1n) is 5.90. The molecule has 1 aromatic carbocycles. The average molecular weight is 250 g/mol. The molecule has 0 atom stereocenters. The number of aliphatic hydroxyl groups excluding tert-OH is 1. The summed E-state index contributed by atoms with van der Waals surface area (Å²) in [5.74, 6) is -0.00462. The second-order valence-electron chi connectivity index (χ2n) is 3.95. The summed E-state index contributed by atoms with van der Waals surface area (Å²) < 4.78 is 0. The van der Waals surface area contributed by atoms with Crippen LogP contribution in [-0.2, 0) is 0 Å². The number of anilines is 1. The summed E-state index contributed by atoms with van der Waals surface area (Å²) in [6, 6.07) is 6.42. The number of benzene rings is 1. The normalized spacial score (nSPS) is 9.89. The van der Waals surface area contributed by atoms with Gasteiger partial charge in [0.1, 0.15) is 0 Å². The second kappa shape index (κ2) is 7.45. The number of Topliss-reactive ketones (excluding diaryl/α,β-unsaturated/α-hetero) is 1. The van der Waals surface area contributed by atoms with Crippen LogP contribution in [0.2, 0.25) is 0 Å². The van der Waals surface area contributed by atoms with E-state index in [2.05, 4.69) is 10.6 Å². The van der Waals surface area contributed by atoms with Gasteiger partial charge in [0.2, 0.25) is 0 Å². The standard InChI is InChI=1S/C13H18N2O3/c1-10(17)11-4-6-12(7-5-11)15-13(18)14-8-2-3-9-16/h4-7,16H,2-3,8-9H2,1H3,(H2,14,15,18). The van der Waals surface area contributed by atoms with E-state index >= 15 is 0 Å². The molecule has 1 aromatic rings. The minimum absolute atomic E-state index is 0.00462. The number of urea groups is 1. The summed E-state index contributed by atoms with van der Waals surface area (Å²) >= 11 is 0. The van der Waals surface area contributed by atoms with E-state index in [0.29, 0.717) is 24.2 Å². The zero-order chi connectivity index (χ0) is 13.4. The van der Waals surface area contributed by atoms with Gasteiger partial charge in [0.25, 0.3) is 0 Å². The fraction of sp³-hybridized carbons (Fsp3) is 0.385. The van der Waals surface area contributed by atoms with E-state index in [4.69, 9.17) is 5.11 Å². The number of nitrogens with one attached hydrogen (secondary N) is 2. The molecular weight excluding hydrogens is 232 g/mol. The summed E-state index contributed by atoms with van der Waals surface area (Å²) in [5.41, 5.74) is 1.25. The summed E-state index contributed by atoms with van der Waals surface area (Å²) in [6.07, 6.45) is 1.42. The van der Waals surface area contributed by atoms with Gasteiger partial charge < -0.3 is 15.7 Å². The van der Waals surface area contributed by atoms with Gasteiger partial charge in [-0.15, -0.1) is 0 Å². The van der Waals surface area contributed by atoms with Gasteiger partial charge >= 0.3 is 6.03 Å². The number of rotatable bonds is 6. The number of hydrogen-bond acceptors (Lipinski definition) is 3. The van der Waals surface area contributed by atoms with Crippen molar-refractivity contribution in [2.45, 2.75) is 19.8 Å². The summed E-state index contributed by atoms with van der Waals surface area (Å²) in [5, 5.41) is 13.9. The van der Waals surface area contributed by atoms with Crippen molar-refractivity contribution in [2.75, 3.05) is 18.5 Å². The van der Waals surface area contributed by atoms with Crippen LogP contribution in [0, 0.1) is 0 Å². The van der Waals surface area contributed by atoms with Crippen molar-refractivity contribution in [1.29, 1.82) is 0 Å². The Hall–Kier alpha value is -1.88. The fourth-order valence-corrected chi connectivity index (χ4v) is 1.40. The molecule has 3 N–H and O–H groups in total. The van der Waals surface area contributed by atoms with Crippen molar-refractivity contribution in [1.82, 2.24) is 5.32 Å². The summed E-state index contributed by atoms with van der Waals surface area (Å²) in [6.45, 7) is 2.16. The number of ketones is 1. The highest BCUT2D eigenvalue weighted by Gasteiger charge is 2.02. The second-order valence-corrected chi connectivity index (χ2v) is 3.95. The Morgan fingerprint density at radius 1 is 1.17 bits per heavy atom. The van der Waals surface area contributed by atoms with Crippen LogP contribution in [0.1, 0.15) is 30.1 Å². The number of aliphatic hydroxyl groups is 1. The number of hydrogen-bond donors (Lipinski definition) is 3. The number of unbranched alkanes of at least 4 members (excludes halogenated alkanes) is 1. The summed E-state index contributed by atoms with van der Waals surface area (Å²) in [4.78, 5) is 22.5. The van der Waals surface area contributed by atoms with Crippen LogP contribution in [0.4, 0.5) is 10.5 Å². The zero-order valence-corrected chi connectivity index (χ0v) is 10.4. The molecule has 0 aliphatic carbocycles. The molecule has 0 aromatic heterocycles. The van der Waals surface area contributed by atoms with Gasteiger partial charge in [-0.3, -0.25) is 4.79 Å². The van der Waals surface area contributed by atoms with Gasteiger partial charge in [0, 0.05) is 24.4 Å². The SMILES string of the molecule is CC(=O)c1ccc(NC(=O)NCCCCO)cc1. The molecule has 0 fully saturated rings. The van der Waals surface area contributed by atoms with Crippen LogP contribution in [0.5, 0.6) is 0 Å². The van der Waals surface area contributed by atoms with Gasteiger partial charge in [-0.2, -0.15) is 0 Å². The Balaban J connectivity index is 2.37. The van der Waals surface area contributed by atoms with Gasteiger partial charge in [-0.25, -0.2) is 4.79 Å². The Morgan fingerprint density at radius 3 is 2.39 bits per heavy atom. The van der Waals surface area contributed by atoms with E-state index in [-0.39, 0.29) is 18.4 Å². The number of carbonyl (C=O) groups is 2. The van der Waals surface area contributed by atoms with Crippen LogP contribution in [0.3, 0.4) is 0 Å². The maximum atomic E-state index is 11.4. The molecule has 0 unspecified atom stereocenters. The van der Waals surface area contributed by atoms with E-state index < -0.39 is 0 Å². The minimum Gasteiger partial charge on any atom is -0.396 e. The molecule has 0 heterocycles. The molecule has 5 heteroatoms. The minimum atomic E-state index is -0.288. The average Bonchev–Trinajstić information content (AvgIpc) is 2.35. The predicted octanol–water partition coefficient (Wildman–Crippen LogP) is 1.78. The number of carbonyl (C=O) groups excluding carboxylic acids is 2. The Bertz CT molecular complexity index is 401. The van der Waals surface area contributed by atoms with Crippen LogP contribution in [0.15, 0.2) is 24.3 Å². The van der Waals surface area contributed by atoms with Crippen LogP contribution >= 0.6 is 0 Å². The van der Waals surface area contributed by atoms with Crippen LogP contribution in [-0.4, -0.2) is 30.1 Å². The highest BCUT2D eigenvalue weighted by Crippen LogP contribution is 2.09. The molecule has 0 aliphatic rings. The first-order chi connectivity index (χ1) is 8.63. The van der Waals surface area contributed by atoms with Crippen LogP contribution < -0.4 is 10.6 Å². The van der Waals surface area contributed by atoms with Crippen molar-refractivity contribution >= 4 is 17.5 Å². The smallest absolute Gasteiger partial charge is 0.319 e. The third-order valence-electron chi connectivity index (χ3n) is 2.42. The molecule has 18 heavy (non-hydrogen) atoms. The molecule has 0 bridgehead atoms. The monoisotopic (exact) mass is 250 g/mol. The quantitative estimate of drug-likeness (QED) is 0.532. The lowest BCUT2D eigenvalue weighted by Gasteiger charge is -2.07. The highest BCUT2D eigenvalue weighted by atomic mass is 16.3. The summed E-state index contributed by atoms with van der Waals surface area (Å²) in [7, 11) is 0. The molecule has 0 spiro atoms. The van der Waals surface area contributed by atoms with Gasteiger partial charge in [0.05, 0.1) is 0 Å². The lowest BCUT2D eigenvalue weighted by atomic mass is 10.1. The molecular formula is C13H18N2O3. The molecule has 0 radical (unpaired) electrons. The topological polar surface area (TPSA) is 78.4 Å². The van der Waals surface area contributed by atoms with E-state index in [1.54, 1.807) is 24.3 Å². The molecule has 98 valence electrons. The van der Waals surface area contributed by atoms with E-state index in [9.17, 15) is 9.59 Å². The van der Waals surface area contributed by atoms with Gasteiger partial charge in [-0.05, 0) is 44.0 Å². The Morgan fingerprint density at radius 2 is 1.83 bits per heavy atom. The van der Waals surface area contributed by atoms with Crippen LogP contribution in [0.25, 0.3) is 0 Å². The lowest BCUT2D eigenvalue weighted by molar-refractivity contribution is 0.101. The maximum absolute atomic E-state index is 11.4. The Labute approximate surface area is 106 Å². The lowest BCUT2D eigenvalue weighted by Crippen LogP contribution is -2.29. The number of amides is 2. The Kier molecular flexibility index (Phi) is 5.87. The first-order valence-corrected chi connectivity index (χ1v) is 5.90. The molecule has 0 saturated carbocycles. The van der Waals surface area contributed by atoms with E-state index in [1.807, 2.05) is 0 Å². The molecule has 0 aliphatic heterocycles. The van der Waals surface area contributed by atoms with Crippen molar-refractivity contribution in [2.24, 2.45) is 0 Å². The third kappa shape index (κ3) is 4.97. The van der Waals surface area contributed by atoms with Crippen molar-refractivity contribution in [3.63, 3.8) is 0 Å². The van der Waals surface area contributed by atoms with Crippen molar-refractivity contribution < 1.29 is 14.7 Å². The van der Waals surface area contributed by atoms with Gasteiger partial charge in [-0.1, -0.05) is 0 Å². The van der Waals surface area contributed by atoms with Gasteiger partial charge in [0.15, 0.2) is 5.78 Å². The fourth-order valence-electron chi connectivity index (χ4n) is 1.40. The predicted molar refractivity (Wildman–Crippen MR) is 69.8 cm³/mol. The third-order valence-corrected chi connectivity index (χ3v) is 2.42. The highest BCUT2D eigenvalue weighted by molar-refractivity contribution is 5.95. The molecule has 0 saturated heterocycles. The molecule has 2 amide bonds. The largest absolute Gasteiger partial charge is 0.396 e. The maximum Gasteiger partial charge on any atom is 0.319 e. The van der Waals surface area contributed by atoms with E-state index in [0.717, 1.165) is 6.42 Å². The molecule has 5 nitrogen and oxygen atoms in total. The molecule has 1 rings (SSSR count). The zero-order valence-electron chi connectivity index (χ0n) is 10.4. The first kappa shape index (κ1) is 14.2. The van der Waals surface area contributed by atoms with Crippen molar-refractivity contribution in [3.05, 3.63) is 29.8 Å². The van der Waals surface area contributed by atoms with Crippen molar-refractivity contribution in [3.8, 4) is 0 Å². The van der Waals surface area contributed by atoms with E-state index in [1.165, 1.54) is 6.92 Å².